The molecule has 1 amide bonds. The van der Waals surface area contributed by atoms with Crippen LogP contribution in [0.2, 0.25) is 5.15 Å². The van der Waals surface area contributed by atoms with E-state index in [0.717, 1.165) is 0 Å². The van der Waals surface area contributed by atoms with Crippen molar-refractivity contribution in [1.29, 1.82) is 5.41 Å². The summed E-state index contributed by atoms with van der Waals surface area (Å²) >= 11 is 5.72. The Kier molecular flexibility index (Phi) is 7.70. The van der Waals surface area contributed by atoms with Crippen LogP contribution in [0.3, 0.4) is 0 Å². The summed E-state index contributed by atoms with van der Waals surface area (Å²) in [7, 11) is -3.54. The number of carbonyl (C=O) groups excluding carboxylic acids is 1. The van der Waals surface area contributed by atoms with Crippen LogP contribution in [0, 0.1) is 5.41 Å². The van der Waals surface area contributed by atoms with E-state index in [1.807, 2.05) is 0 Å². The zero-order chi connectivity index (χ0) is 21.4. The van der Waals surface area contributed by atoms with Gasteiger partial charge in [0.15, 0.2) is 28.4 Å². The van der Waals surface area contributed by atoms with Crippen molar-refractivity contribution in [2.75, 3.05) is 24.6 Å². The molecule has 156 valence electrons. The molecule has 13 heteroatoms. The number of aromatic nitrogens is 2. The molecular formula is C16H21ClN8O3S. The van der Waals surface area contributed by atoms with Gasteiger partial charge in [-0.25, -0.2) is 23.1 Å². The highest BCUT2D eigenvalue weighted by Gasteiger charge is 2.17. The van der Waals surface area contributed by atoms with E-state index >= 15 is 0 Å². The summed E-state index contributed by atoms with van der Waals surface area (Å²) in [6, 6.07) is 8.06. The number of nitrogens with zero attached hydrogens (tertiary/aromatic N) is 2. The van der Waals surface area contributed by atoms with Crippen molar-refractivity contribution in [3.63, 3.8) is 0 Å². The molecule has 0 unspecified atom stereocenters. The summed E-state index contributed by atoms with van der Waals surface area (Å²) < 4.78 is 26.6. The molecule has 2 aromatic rings. The number of hydrogen-bond donors (Lipinski definition) is 6. The van der Waals surface area contributed by atoms with Crippen LogP contribution in [0.5, 0.6) is 0 Å². The van der Waals surface area contributed by atoms with Crippen molar-refractivity contribution in [3.8, 4) is 0 Å². The second-order valence-electron chi connectivity index (χ2n) is 5.81. The van der Waals surface area contributed by atoms with Gasteiger partial charge in [-0.2, -0.15) is 0 Å². The summed E-state index contributed by atoms with van der Waals surface area (Å²) in [6.45, 7) is 0.588. The minimum atomic E-state index is -3.54. The van der Waals surface area contributed by atoms with Gasteiger partial charge in [-0.15, -0.1) is 0 Å². The second kappa shape index (κ2) is 10.0. The van der Waals surface area contributed by atoms with Gasteiger partial charge >= 0.3 is 0 Å². The number of nitrogen functional groups attached to an aromatic ring is 2. The number of nitrogens with two attached hydrogens (primary N) is 2. The molecule has 1 aromatic heterocycles. The Balaban J connectivity index is 1.70. The molecule has 0 aliphatic carbocycles. The van der Waals surface area contributed by atoms with E-state index in [4.69, 9.17) is 28.5 Å². The van der Waals surface area contributed by atoms with Gasteiger partial charge in [-0.05, 0) is 25.0 Å². The molecule has 1 aromatic carbocycles. The van der Waals surface area contributed by atoms with E-state index in [9.17, 15) is 13.2 Å². The average molecular weight is 441 g/mol. The number of hydrogen-bond acceptors (Lipinski definition) is 8. The van der Waals surface area contributed by atoms with E-state index in [1.54, 1.807) is 18.2 Å². The molecule has 2 rings (SSSR count). The molecule has 0 spiro atoms. The largest absolute Gasteiger partial charge is 0.382 e. The lowest BCUT2D eigenvalue weighted by Crippen LogP contribution is -2.41. The highest BCUT2D eigenvalue weighted by Crippen LogP contribution is 2.17. The maximum Gasteiger partial charge on any atom is 0.280 e. The summed E-state index contributed by atoms with van der Waals surface area (Å²) in [6.07, 6.45) is 1.09. The third kappa shape index (κ3) is 6.55. The topological polar surface area (TPSA) is 189 Å². The molecule has 0 atom stereocenters. The fraction of sp³-hybridized carbons (Fsp3) is 0.250. The Morgan fingerprint density at radius 1 is 1.07 bits per heavy atom. The third-order valence-corrected chi connectivity index (χ3v) is 5.36. The number of unbranched alkanes of at least 4 members (excludes halogenated alkanes) is 1. The van der Waals surface area contributed by atoms with Gasteiger partial charge in [0, 0.05) is 13.1 Å². The van der Waals surface area contributed by atoms with Gasteiger partial charge in [0.25, 0.3) is 5.91 Å². The highest BCUT2D eigenvalue weighted by atomic mass is 35.5. The van der Waals surface area contributed by atoms with Crippen molar-refractivity contribution < 1.29 is 13.2 Å². The number of anilines is 2. The van der Waals surface area contributed by atoms with Gasteiger partial charge in [-0.1, -0.05) is 29.8 Å². The van der Waals surface area contributed by atoms with Crippen molar-refractivity contribution in [2.24, 2.45) is 0 Å². The first-order valence-corrected chi connectivity index (χ1v) is 10.3. The zero-order valence-corrected chi connectivity index (χ0v) is 16.8. The Morgan fingerprint density at radius 2 is 1.72 bits per heavy atom. The van der Waals surface area contributed by atoms with Gasteiger partial charge < -0.3 is 16.8 Å². The first kappa shape index (κ1) is 22.3. The second-order valence-corrected chi connectivity index (χ2v) is 7.93. The van der Waals surface area contributed by atoms with Crippen molar-refractivity contribution in [3.05, 3.63) is 41.2 Å². The maximum absolute atomic E-state index is 12.1. The number of amides is 1. The number of sulfonamides is 1. The third-order valence-electron chi connectivity index (χ3n) is 3.61. The molecule has 29 heavy (non-hydrogen) atoms. The van der Waals surface area contributed by atoms with Gasteiger partial charge in [-0.3, -0.25) is 15.5 Å². The van der Waals surface area contributed by atoms with Crippen molar-refractivity contribution in [2.45, 2.75) is 17.7 Å². The van der Waals surface area contributed by atoms with Crippen LogP contribution in [0.1, 0.15) is 23.3 Å². The number of nitrogens with one attached hydrogen (secondary N) is 4. The number of rotatable bonds is 8. The monoisotopic (exact) mass is 440 g/mol. The molecule has 0 aliphatic rings. The van der Waals surface area contributed by atoms with Gasteiger partial charge in [0.1, 0.15) is 0 Å². The fourth-order valence-corrected chi connectivity index (χ4v) is 3.40. The Hall–Kier alpha value is -2.96. The summed E-state index contributed by atoms with van der Waals surface area (Å²) in [5.41, 5.74) is 10.8. The molecule has 11 nitrogen and oxygen atoms in total. The van der Waals surface area contributed by atoms with Crippen LogP contribution in [-0.2, 0) is 10.0 Å². The van der Waals surface area contributed by atoms with Crippen LogP contribution in [0.15, 0.2) is 35.2 Å². The Bertz CT molecular complexity index is 985. The van der Waals surface area contributed by atoms with E-state index in [0.29, 0.717) is 19.4 Å². The van der Waals surface area contributed by atoms with Gasteiger partial charge in [0.2, 0.25) is 10.0 Å². The first-order valence-electron chi connectivity index (χ1n) is 8.47. The SMILES string of the molecule is N=C(NCCCCNS(=O)(=O)c1ccccc1)NC(=O)c1nc(Cl)c(N)nc1N. The van der Waals surface area contributed by atoms with Crippen LogP contribution in [0.4, 0.5) is 11.6 Å². The molecule has 8 N–H and O–H groups in total. The number of benzene rings is 1. The first-order chi connectivity index (χ1) is 13.7. The zero-order valence-electron chi connectivity index (χ0n) is 15.3. The molecule has 0 fully saturated rings. The minimum Gasteiger partial charge on any atom is -0.382 e. The number of carbonyl (C=O) groups is 1. The Morgan fingerprint density at radius 3 is 2.41 bits per heavy atom. The lowest BCUT2D eigenvalue weighted by atomic mass is 10.3. The fourth-order valence-electron chi connectivity index (χ4n) is 2.18. The van der Waals surface area contributed by atoms with Crippen LogP contribution in [-0.4, -0.2) is 43.3 Å². The van der Waals surface area contributed by atoms with E-state index in [1.165, 1.54) is 12.1 Å². The molecule has 0 bridgehead atoms. The highest BCUT2D eigenvalue weighted by molar-refractivity contribution is 7.89. The normalized spacial score (nSPS) is 11.1. The summed E-state index contributed by atoms with van der Waals surface area (Å²) in [5, 5.41) is 12.5. The van der Waals surface area contributed by atoms with Crippen LogP contribution < -0.4 is 26.8 Å². The number of halogens is 1. The quantitative estimate of drug-likeness (QED) is 0.192. The molecule has 0 saturated heterocycles. The van der Waals surface area contributed by atoms with E-state index in [-0.39, 0.29) is 39.9 Å². The summed E-state index contributed by atoms with van der Waals surface area (Å²) in [4.78, 5) is 19.7. The van der Waals surface area contributed by atoms with Crippen molar-refractivity contribution >= 4 is 45.1 Å². The van der Waals surface area contributed by atoms with Crippen LogP contribution >= 0.6 is 11.6 Å². The van der Waals surface area contributed by atoms with Gasteiger partial charge in [0.05, 0.1) is 4.90 Å². The molecule has 0 aliphatic heterocycles. The molecule has 0 radical (unpaired) electrons. The average Bonchev–Trinajstić information content (AvgIpc) is 2.68. The lowest BCUT2D eigenvalue weighted by molar-refractivity contribution is 0.0971. The van der Waals surface area contributed by atoms with E-state index in [2.05, 4.69) is 25.3 Å². The standard InChI is InChI=1S/C16H21ClN8O3S/c17-12-14(19)24-13(18)11(23-12)15(26)25-16(20)21-8-4-5-9-22-29(27,28)10-6-2-1-3-7-10/h1-3,6-7,22H,4-5,8-9H2,(H4,18,19,24)(H3,20,21,25,26). The lowest BCUT2D eigenvalue weighted by Gasteiger charge is -2.11. The minimum absolute atomic E-state index is 0.100. The van der Waals surface area contributed by atoms with Crippen molar-refractivity contribution in [1.82, 2.24) is 25.3 Å². The van der Waals surface area contributed by atoms with E-state index < -0.39 is 15.9 Å². The predicted molar refractivity (Wildman–Crippen MR) is 110 cm³/mol. The smallest absolute Gasteiger partial charge is 0.280 e. The Labute approximate surface area is 172 Å². The summed E-state index contributed by atoms with van der Waals surface area (Å²) in [5.74, 6) is -1.33. The number of guanidine groups is 1. The molecule has 0 saturated carbocycles. The maximum atomic E-state index is 12.1. The molecule has 1 heterocycles. The molecular weight excluding hydrogens is 420 g/mol. The predicted octanol–water partition coefficient (Wildman–Crippen LogP) is 0.307. The van der Waals surface area contributed by atoms with Crippen LogP contribution in [0.25, 0.3) is 0 Å².